The Morgan fingerprint density at radius 2 is 0.868 bits per heavy atom. The van der Waals surface area contributed by atoms with E-state index in [2.05, 4.69) is 4.18 Å². The molecule has 0 amide bonds. The second kappa shape index (κ2) is 9.36. The Morgan fingerprint density at radius 1 is 0.553 bits per heavy atom. The van der Waals surface area contributed by atoms with E-state index in [4.69, 9.17) is 0 Å². The summed E-state index contributed by atoms with van der Waals surface area (Å²) >= 11 is 0. The molecule has 38 heavy (non-hydrogen) atoms. The normalized spacial score (nSPS) is 15.7. The molecule has 0 fully saturated rings. The van der Waals surface area contributed by atoms with Crippen molar-refractivity contribution in [2.45, 2.75) is 51.9 Å². The number of alkyl halides is 17. The average Bonchev–Trinajstić information content (AvgIpc) is 2.71. The molecule has 1 aromatic carbocycles. The first-order valence-corrected chi connectivity index (χ1v) is 12.2. The van der Waals surface area contributed by atoms with Crippen LogP contribution in [0.2, 0.25) is 0 Å². The standard InChI is InChI=1S/C16H10F17O3S2/c1-37(2)8-5-3-7(4-6-8)36-38(34,35)16(32,33)14(27,28)12(23,24)10(19,20)9(17,18)11(21,22)13(25,26)15(29,30)31/h3-6H,1-2H3/q+1. The third-order valence-electron chi connectivity index (χ3n) is 4.51. The Bertz CT molecular complexity index is 1110. The second-order valence-corrected chi connectivity index (χ2v) is 11.0. The first-order chi connectivity index (χ1) is 16.4. The Morgan fingerprint density at radius 3 is 1.18 bits per heavy atom. The summed E-state index contributed by atoms with van der Waals surface area (Å²) in [5.41, 5.74) is 0. The average molecular weight is 637 g/mol. The van der Waals surface area contributed by atoms with Gasteiger partial charge in [0.05, 0.1) is 0 Å². The van der Waals surface area contributed by atoms with Crippen molar-refractivity contribution >= 4 is 21.0 Å². The van der Waals surface area contributed by atoms with Gasteiger partial charge in [0.15, 0.2) is 4.90 Å². The minimum atomic E-state index is -8.89. The summed E-state index contributed by atoms with van der Waals surface area (Å²) in [5.74, 6) is -53.3. The van der Waals surface area contributed by atoms with Gasteiger partial charge in [-0.1, -0.05) is 0 Å². The number of halogens is 17. The monoisotopic (exact) mass is 637 g/mol. The van der Waals surface area contributed by atoms with E-state index in [0.717, 1.165) is 12.1 Å². The smallest absolute Gasteiger partial charge is 0.378 e. The maximum atomic E-state index is 14.0. The molecule has 3 nitrogen and oxygen atoms in total. The number of hydrogen-bond acceptors (Lipinski definition) is 3. The van der Waals surface area contributed by atoms with Gasteiger partial charge in [0.1, 0.15) is 18.3 Å². The van der Waals surface area contributed by atoms with Gasteiger partial charge in [-0.2, -0.15) is 83.1 Å². The fourth-order valence-electron chi connectivity index (χ4n) is 2.25. The lowest BCUT2D eigenvalue weighted by atomic mass is 9.91. The van der Waals surface area contributed by atoms with Crippen molar-refractivity contribution in [3.8, 4) is 5.75 Å². The van der Waals surface area contributed by atoms with Crippen molar-refractivity contribution in [1.82, 2.24) is 0 Å². The molecule has 0 aromatic heterocycles. The Hall–Kier alpha value is -1.87. The van der Waals surface area contributed by atoms with Crippen molar-refractivity contribution in [1.29, 1.82) is 0 Å². The maximum absolute atomic E-state index is 14.0. The Labute approximate surface area is 203 Å². The van der Waals surface area contributed by atoms with Gasteiger partial charge < -0.3 is 4.18 Å². The van der Waals surface area contributed by atoms with Crippen LogP contribution in [0, 0.1) is 0 Å². The van der Waals surface area contributed by atoms with Crippen LogP contribution in [0.1, 0.15) is 0 Å². The van der Waals surface area contributed by atoms with Gasteiger partial charge in [-0.3, -0.25) is 0 Å². The minimum Gasteiger partial charge on any atom is -0.378 e. The predicted molar refractivity (Wildman–Crippen MR) is 94.2 cm³/mol. The molecular formula is C16H10F17O3S2+. The molecule has 0 aliphatic heterocycles. The highest BCUT2D eigenvalue weighted by atomic mass is 32.2. The fourth-order valence-corrected chi connectivity index (χ4v) is 3.84. The van der Waals surface area contributed by atoms with Gasteiger partial charge in [0, 0.05) is 10.9 Å². The molecule has 1 aromatic rings. The first-order valence-electron chi connectivity index (χ1n) is 8.71. The molecule has 0 bridgehead atoms. The van der Waals surface area contributed by atoms with Gasteiger partial charge >= 0.3 is 57.1 Å². The molecule has 0 unspecified atom stereocenters. The molecule has 1 rings (SSSR count). The zero-order chi connectivity index (χ0) is 30.8. The van der Waals surface area contributed by atoms with Gasteiger partial charge in [-0.05, 0) is 24.3 Å². The van der Waals surface area contributed by atoms with E-state index in [9.17, 15) is 83.1 Å². The summed E-state index contributed by atoms with van der Waals surface area (Å²) in [6.45, 7) is 0. The maximum Gasteiger partial charge on any atom is 0.460 e. The van der Waals surface area contributed by atoms with Crippen LogP contribution in [0.15, 0.2) is 29.2 Å². The van der Waals surface area contributed by atoms with Gasteiger partial charge in [0.2, 0.25) is 0 Å². The summed E-state index contributed by atoms with van der Waals surface area (Å²) in [6.07, 6.45) is -4.79. The largest absolute Gasteiger partial charge is 0.460 e. The van der Waals surface area contributed by atoms with E-state index in [-0.39, 0.29) is 0 Å². The molecule has 0 saturated heterocycles. The van der Waals surface area contributed by atoms with E-state index >= 15 is 0 Å². The quantitative estimate of drug-likeness (QED) is 0.165. The summed E-state index contributed by atoms with van der Waals surface area (Å²) in [7, 11) is -8.24. The number of benzene rings is 1. The molecule has 0 aliphatic carbocycles. The highest BCUT2D eigenvalue weighted by molar-refractivity contribution is 7.95. The van der Waals surface area contributed by atoms with Crippen LogP contribution in [-0.4, -0.2) is 67.9 Å². The van der Waals surface area contributed by atoms with Crippen molar-refractivity contribution in [2.24, 2.45) is 0 Å². The van der Waals surface area contributed by atoms with Crippen LogP contribution in [0.3, 0.4) is 0 Å². The second-order valence-electron chi connectivity index (χ2n) is 7.29. The molecule has 0 aliphatic rings. The fraction of sp³-hybridized carbons (Fsp3) is 0.625. The lowest BCUT2D eigenvalue weighted by Gasteiger charge is -2.42. The summed E-state index contributed by atoms with van der Waals surface area (Å²) in [6, 6.07) is 2.73. The summed E-state index contributed by atoms with van der Waals surface area (Å²) in [5, 5.41) is -7.72. The van der Waals surface area contributed by atoms with Crippen molar-refractivity contribution < 1.29 is 87.2 Å². The molecule has 222 valence electrons. The molecule has 0 saturated carbocycles. The van der Waals surface area contributed by atoms with Crippen molar-refractivity contribution in [3.63, 3.8) is 0 Å². The Kier molecular flexibility index (Phi) is 8.41. The van der Waals surface area contributed by atoms with Crippen LogP contribution in [-0.2, 0) is 21.0 Å². The van der Waals surface area contributed by atoms with Crippen molar-refractivity contribution in [3.05, 3.63) is 24.3 Å². The van der Waals surface area contributed by atoms with Crippen LogP contribution >= 0.6 is 0 Å². The van der Waals surface area contributed by atoms with Crippen LogP contribution in [0.5, 0.6) is 5.75 Å². The lowest BCUT2D eigenvalue weighted by molar-refractivity contribution is -0.458. The zero-order valence-electron chi connectivity index (χ0n) is 17.8. The highest BCUT2D eigenvalue weighted by Gasteiger charge is 2.96. The molecule has 0 spiro atoms. The first kappa shape index (κ1) is 34.2. The molecule has 22 heteroatoms. The minimum absolute atomic E-state index is 0.330. The Balaban J connectivity index is 3.64. The van der Waals surface area contributed by atoms with Crippen LogP contribution in [0.4, 0.5) is 74.6 Å². The van der Waals surface area contributed by atoms with Crippen molar-refractivity contribution in [2.75, 3.05) is 12.5 Å². The topological polar surface area (TPSA) is 43.4 Å². The van der Waals surface area contributed by atoms with E-state index in [1.165, 1.54) is 0 Å². The number of hydrogen-bond donors (Lipinski definition) is 0. The zero-order valence-corrected chi connectivity index (χ0v) is 19.4. The molecular weight excluding hydrogens is 627 g/mol. The number of rotatable bonds is 10. The van der Waals surface area contributed by atoms with E-state index in [1.54, 1.807) is 12.5 Å². The van der Waals surface area contributed by atoms with Gasteiger partial charge in [-0.25, -0.2) is 0 Å². The molecule has 0 radical (unpaired) electrons. The predicted octanol–water partition coefficient (Wildman–Crippen LogP) is 6.60. The van der Waals surface area contributed by atoms with E-state index in [0.29, 0.717) is 17.0 Å². The lowest BCUT2D eigenvalue weighted by Crippen LogP contribution is -2.75. The van der Waals surface area contributed by atoms with Gasteiger partial charge in [-0.15, -0.1) is 0 Å². The molecule has 0 heterocycles. The third kappa shape index (κ3) is 4.72. The summed E-state index contributed by atoms with van der Waals surface area (Å²) in [4.78, 5) is 0.330. The molecule has 0 N–H and O–H groups in total. The highest BCUT2D eigenvalue weighted by Crippen LogP contribution is 2.64. The van der Waals surface area contributed by atoms with Crippen LogP contribution < -0.4 is 4.18 Å². The SMILES string of the molecule is C[S+](C)c1ccc(OS(=O)(=O)C(F)(F)C(F)(F)C(F)(F)C(F)(F)C(F)(F)C(F)(F)C(F)(F)C(F)(F)F)cc1. The van der Waals surface area contributed by atoms with Crippen LogP contribution in [0.25, 0.3) is 0 Å². The third-order valence-corrected chi connectivity index (χ3v) is 7.02. The van der Waals surface area contributed by atoms with E-state index < -0.39 is 73.7 Å². The van der Waals surface area contributed by atoms with Gasteiger partial charge in [0.25, 0.3) is 0 Å². The molecule has 0 atom stereocenters. The summed E-state index contributed by atoms with van der Waals surface area (Å²) < 4.78 is 252. The van der Waals surface area contributed by atoms with E-state index in [1.807, 2.05) is 0 Å².